The summed E-state index contributed by atoms with van der Waals surface area (Å²) in [5, 5.41) is 2.93. The maximum Gasteiger partial charge on any atom is 0.253 e. The lowest BCUT2D eigenvalue weighted by Crippen LogP contribution is -2.34. The number of nitrogens with one attached hydrogen (secondary N) is 2. The standard InChI is InChI=1S/C12H21N5O/c1-9(6-7-17(2)3)15-12(18)10-4-5-11(16-13)14-8-10/h4-5,8-9H,6-7,13H2,1-3H3,(H,14,16)(H,15,18). The van der Waals surface area contributed by atoms with Gasteiger partial charge in [0.05, 0.1) is 5.56 Å². The van der Waals surface area contributed by atoms with Gasteiger partial charge < -0.3 is 15.6 Å². The van der Waals surface area contributed by atoms with Crippen molar-refractivity contribution in [2.45, 2.75) is 19.4 Å². The molecule has 0 saturated carbocycles. The molecule has 0 radical (unpaired) electrons. The van der Waals surface area contributed by atoms with Crippen LogP contribution in [0.3, 0.4) is 0 Å². The fraction of sp³-hybridized carbons (Fsp3) is 0.500. The normalized spacial score (nSPS) is 12.3. The number of hydrazine groups is 1. The quantitative estimate of drug-likeness (QED) is 0.504. The van der Waals surface area contributed by atoms with E-state index in [0.717, 1.165) is 13.0 Å². The number of anilines is 1. The van der Waals surface area contributed by atoms with Gasteiger partial charge in [0.15, 0.2) is 0 Å². The third kappa shape index (κ3) is 4.68. The number of carbonyl (C=O) groups is 1. The Hall–Kier alpha value is -1.66. The summed E-state index contributed by atoms with van der Waals surface area (Å²) in [6.45, 7) is 2.93. The lowest BCUT2D eigenvalue weighted by Gasteiger charge is -2.16. The van der Waals surface area contributed by atoms with Crippen molar-refractivity contribution >= 4 is 11.7 Å². The Balaban J connectivity index is 2.48. The molecule has 1 amide bonds. The molecule has 0 bridgehead atoms. The molecule has 0 aliphatic heterocycles. The number of aromatic nitrogens is 1. The van der Waals surface area contributed by atoms with E-state index < -0.39 is 0 Å². The first-order valence-corrected chi connectivity index (χ1v) is 5.91. The van der Waals surface area contributed by atoms with E-state index in [9.17, 15) is 4.79 Å². The van der Waals surface area contributed by atoms with Crippen LogP contribution >= 0.6 is 0 Å². The zero-order valence-corrected chi connectivity index (χ0v) is 11.1. The first-order valence-electron chi connectivity index (χ1n) is 5.91. The highest BCUT2D eigenvalue weighted by molar-refractivity contribution is 5.94. The molecular formula is C12H21N5O. The molecule has 0 fully saturated rings. The summed E-state index contributed by atoms with van der Waals surface area (Å²) in [6.07, 6.45) is 2.41. The van der Waals surface area contributed by atoms with Crippen molar-refractivity contribution in [3.63, 3.8) is 0 Å². The highest BCUT2D eigenvalue weighted by atomic mass is 16.1. The average Bonchev–Trinajstić information content (AvgIpc) is 2.36. The Kier molecular flexibility index (Phi) is 5.54. The van der Waals surface area contributed by atoms with Crippen molar-refractivity contribution in [2.24, 2.45) is 5.84 Å². The largest absolute Gasteiger partial charge is 0.349 e. The second-order valence-corrected chi connectivity index (χ2v) is 4.54. The molecule has 1 heterocycles. The number of amides is 1. The summed E-state index contributed by atoms with van der Waals surface area (Å²) >= 11 is 0. The van der Waals surface area contributed by atoms with Crippen LogP contribution in [-0.2, 0) is 0 Å². The molecule has 100 valence electrons. The number of rotatable bonds is 6. The van der Waals surface area contributed by atoms with Crippen LogP contribution in [0.5, 0.6) is 0 Å². The maximum atomic E-state index is 11.9. The third-order valence-corrected chi connectivity index (χ3v) is 2.56. The van der Waals surface area contributed by atoms with Crippen molar-refractivity contribution in [2.75, 3.05) is 26.1 Å². The van der Waals surface area contributed by atoms with Crippen molar-refractivity contribution in [3.8, 4) is 0 Å². The van der Waals surface area contributed by atoms with Crippen LogP contribution in [0.2, 0.25) is 0 Å². The van der Waals surface area contributed by atoms with E-state index in [1.54, 1.807) is 12.1 Å². The van der Waals surface area contributed by atoms with Crippen LogP contribution in [0.15, 0.2) is 18.3 Å². The van der Waals surface area contributed by atoms with Gasteiger partial charge in [-0.05, 0) is 46.1 Å². The molecule has 0 saturated heterocycles. The number of nitrogens with zero attached hydrogens (tertiary/aromatic N) is 2. The molecule has 0 aliphatic rings. The van der Waals surface area contributed by atoms with E-state index in [1.165, 1.54) is 6.20 Å². The number of carbonyl (C=O) groups excluding carboxylic acids is 1. The lowest BCUT2D eigenvalue weighted by molar-refractivity contribution is 0.0936. The highest BCUT2D eigenvalue weighted by Crippen LogP contribution is 2.04. The fourth-order valence-corrected chi connectivity index (χ4v) is 1.44. The smallest absolute Gasteiger partial charge is 0.253 e. The number of nitrogens with two attached hydrogens (primary N) is 1. The fourth-order valence-electron chi connectivity index (χ4n) is 1.44. The zero-order chi connectivity index (χ0) is 13.5. The summed E-state index contributed by atoms with van der Waals surface area (Å²) < 4.78 is 0. The molecule has 4 N–H and O–H groups in total. The maximum absolute atomic E-state index is 11.9. The molecule has 1 aromatic heterocycles. The van der Waals surface area contributed by atoms with Gasteiger partial charge in [-0.15, -0.1) is 0 Å². The predicted molar refractivity (Wildman–Crippen MR) is 72.1 cm³/mol. The van der Waals surface area contributed by atoms with Crippen LogP contribution < -0.4 is 16.6 Å². The molecule has 6 heteroatoms. The van der Waals surface area contributed by atoms with Crippen molar-refractivity contribution in [1.82, 2.24) is 15.2 Å². The van der Waals surface area contributed by atoms with Crippen LogP contribution in [0.4, 0.5) is 5.82 Å². The minimum atomic E-state index is -0.114. The highest BCUT2D eigenvalue weighted by Gasteiger charge is 2.10. The summed E-state index contributed by atoms with van der Waals surface area (Å²) in [5.41, 5.74) is 2.95. The first-order chi connectivity index (χ1) is 8.52. The summed E-state index contributed by atoms with van der Waals surface area (Å²) in [6, 6.07) is 3.49. The van der Waals surface area contributed by atoms with E-state index >= 15 is 0 Å². The Morgan fingerprint density at radius 3 is 2.72 bits per heavy atom. The third-order valence-electron chi connectivity index (χ3n) is 2.56. The summed E-state index contributed by atoms with van der Waals surface area (Å²) in [4.78, 5) is 18.0. The zero-order valence-electron chi connectivity index (χ0n) is 11.1. The van der Waals surface area contributed by atoms with Crippen LogP contribution in [0.1, 0.15) is 23.7 Å². The molecule has 1 unspecified atom stereocenters. The van der Waals surface area contributed by atoms with Crippen LogP contribution in [0.25, 0.3) is 0 Å². The van der Waals surface area contributed by atoms with Gasteiger partial charge >= 0.3 is 0 Å². The SMILES string of the molecule is CC(CCN(C)C)NC(=O)c1ccc(NN)nc1. The number of pyridine rings is 1. The van der Waals surface area contributed by atoms with E-state index in [4.69, 9.17) is 5.84 Å². The van der Waals surface area contributed by atoms with E-state index in [2.05, 4.69) is 20.6 Å². The minimum absolute atomic E-state index is 0.114. The second kappa shape index (κ2) is 6.93. The molecule has 18 heavy (non-hydrogen) atoms. The predicted octanol–water partition coefficient (Wildman–Crippen LogP) is 0.437. The first kappa shape index (κ1) is 14.4. The number of nitrogen functional groups attached to an aromatic ring is 1. The molecule has 6 nitrogen and oxygen atoms in total. The summed E-state index contributed by atoms with van der Waals surface area (Å²) in [5.74, 6) is 5.63. The Morgan fingerprint density at radius 1 is 1.50 bits per heavy atom. The van der Waals surface area contributed by atoms with Crippen LogP contribution in [0, 0.1) is 0 Å². The Bertz CT molecular complexity index is 377. The van der Waals surface area contributed by atoms with Crippen molar-refractivity contribution in [3.05, 3.63) is 23.9 Å². The van der Waals surface area contributed by atoms with Gasteiger partial charge in [-0.2, -0.15) is 0 Å². The molecule has 1 aromatic rings. The summed E-state index contributed by atoms with van der Waals surface area (Å²) in [7, 11) is 4.02. The number of hydrogen-bond acceptors (Lipinski definition) is 5. The van der Waals surface area contributed by atoms with Crippen molar-refractivity contribution < 1.29 is 4.79 Å². The Morgan fingerprint density at radius 2 is 2.22 bits per heavy atom. The van der Waals surface area contributed by atoms with Gasteiger partial charge in [0.25, 0.3) is 5.91 Å². The van der Waals surface area contributed by atoms with Crippen LogP contribution in [-0.4, -0.2) is 42.5 Å². The van der Waals surface area contributed by atoms with Gasteiger partial charge in [-0.25, -0.2) is 10.8 Å². The van der Waals surface area contributed by atoms with E-state index in [1.807, 2.05) is 21.0 Å². The molecule has 1 rings (SSSR count). The minimum Gasteiger partial charge on any atom is -0.349 e. The van der Waals surface area contributed by atoms with Gasteiger partial charge in [0.1, 0.15) is 5.82 Å². The average molecular weight is 251 g/mol. The van der Waals surface area contributed by atoms with Crippen molar-refractivity contribution in [1.29, 1.82) is 0 Å². The van der Waals surface area contributed by atoms with E-state index in [0.29, 0.717) is 11.4 Å². The molecule has 0 aromatic carbocycles. The van der Waals surface area contributed by atoms with E-state index in [-0.39, 0.29) is 11.9 Å². The second-order valence-electron chi connectivity index (χ2n) is 4.54. The molecule has 0 spiro atoms. The van der Waals surface area contributed by atoms with Gasteiger partial charge in [0.2, 0.25) is 0 Å². The lowest BCUT2D eigenvalue weighted by atomic mass is 10.2. The van der Waals surface area contributed by atoms with Gasteiger partial charge in [0, 0.05) is 12.2 Å². The Labute approximate surface area is 108 Å². The topological polar surface area (TPSA) is 83.3 Å². The van der Waals surface area contributed by atoms with Gasteiger partial charge in [-0.1, -0.05) is 0 Å². The monoisotopic (exact) mass is 251 g/mol. The molecule has 0 aliphatic carbocycles. The molecule has 1 atom stereocenters. The molecular weight excluding hydrogens is 230 g/mol. The number of hydrogen-bond donors (Lipinski definition) is 3. The van der Waals surface area contributed by atoms with Gasteiger partial charge in [-0.3, -0.25) is 4.79 Å².